The fraction of sp³-hybridized carbons (Fsp3) is 0.381. The Bertz CT molecular complexity index is 837. The molecule has 2 N–H and O–H groups in total. The van der Waals surface area contributed by atoms with Crippen LogP contribution in [0.3, 0.4) is 0 Å². The van der Waals surface area contributed by atoms with E-state index in [-0.39, 0.29) is 24.8 Å². The summed E-state index contributed by atoms with van der Waals surface area (Å²) in [6.45, 7) is 3.69. The van der Waals surface area contributed by atoms with Crippen LogP contribution in [0.1, 0.15) is 22.3 Å². The van der Waals surface area contributed by atoms with Crippen LogP contribution in [0, 0.1) is 0 Å². The highest BCUT2D eigenvalue weighted by Crippen LogP contribution is 2.17. The molecule has 154 valence electrons. The van der Waals surface area contributed by atoms with Crippen molar-refractivity contribution >= 4 is 17.6 Å². The number of hydrogen-bond donors (Lipinski definition) is 2. The van der Waals surface area contributed by atoms with Crippen molar-refractivity contribution in [3.8, 4) is 5.75 Å². The van der Waals surface area contributed by atoms with Crippen LogP contribution in [0.25, 0.3) is 0 Å². The molecular weight excluding hydrogens is 372 g/mol. The predicted molar refractivity (Wildman–Crippen MR) is 109 cm³/mol. The number of pyridine rings is 1. The zero-order valence-corrected chi connectivity index (χ0v) is 16.5. The molecule has 2 aromatic rings. The lowest BCUT2D eigenvalue weighted by Gasteiger charge is -2.28. The van der Waals surface area contributed by atoms with Gasteiger partial charge in [0, 0.05) is 38.8 Å². The minimum Gasteiger partial charge on any atom is -0.496 e. The van der Waals surface area contributed by atoms with Crippen LogP contribution in [0.5, 0.6) is 5.75 Å². The Labute approximate surface area is 170 Å². The van der Waals surface area contributed by atoms with E-state index in [9.17, 15) is 9.59 Å². The second-order valence-corrected chi connectivity index (χ2v) is 6.60. The first-order valence-electron chi connectivity index (χ1n) is 9.63. The number of rotatable bonds is 8. The molecule has 2 amide bonds. The Morgan fingerprint density at radius 3 is 2.76 bits per heavy atom. The van der Waals surface area contributed by atoms with Gasteiger partial charge in [-0.15, -0.1) is 0 Å². The van der Waals surface area contributed by atoms with E-state index in [2.05, 4.69) is 20.5 Å². The first-order chi connectivity index (χ1) is 14.2. The lowest BCUT2D eigenvalue weighted by molar-refractivity contribution is -0.121. The molecule has 0 saturated carbocycles. The number of para-hydroxylation sites is 1. The number of morpholine rings is 1. The summed E-state index contributed by atoms with van der Waals surface area (Å²) in [7, 11) is 1.52. The van der Waals surface area contributed by atoms with Crippen LogP contribution >= 0.6 is 0 Å². The summed E-state index contributed by atoms with van der Waals surface area (Å²) in [5.41, 5.74) is 1.43. The Morgan fingerprint density at radius 1 is 1.17 bits per heavy atom. The van der Waals surface area contributed by atoms with E-state index < -0.39 is 0 Å². The first-order valence-corrected chi connectivity index (χ1v) is 9.63. The normalized spacial score (nSPS) is 13.6. The number of aromatic nitrogens is 1. The number of nitrogens with zero attached hydrogens (tertiary/aromatic N) is 2. The third-order valence-corrected chi connectivity index (χ3v) is 4.62. The monoisotopic (exact) mass is 398 g/mol. The molecule has 3 rings (SSSR count). The van der Waals surface area contributed by atoms with Gasteiger partial charge in [-0.25, -0.2) is 4.98 Å². The van der Waals surface area contributed by atoms with Crippen LogP contribution < -0.4 is 20.3 Å². The molecular formula is C21H26N4O4. The zero-order chi connectivity index (χ0) is 20.5. The molecule has 0 atom stereocenters. The van der Waals surface area contributed by atoms with Crippen LogP contribution in [-0.2, 0) is 16.1 Å². The fourth-order valence-corrected chi connectivity index (χ4v) is 3.04. The molecule has 8 nitrogen and oxygen atoms in total. The van der Waals surface area contributed by atoms with E-state index in [1.807, 2.05) is 12.1 Å². The van der Waals surface area contributed by atoms with Gasteiger partial charge in [-0.3, -0.25) is 9.59 Å². The van der Waals surface area contributed by atoms with Crippen LogP contribution in [-0.4, -0.2) is 56.8 Å². The third kappa shape index (κ3) is 5.92. The van der Waals surface area contributed by atoms with Gasteiger partial charge < -0.3 is 25.0 Å². The highest BCUT2D eigenvalue weighted by Gasteiger charge is 2.13. The lowest BCUT2D eigenvalue weighted by Crippen LogP contribution is -2.36. The summed E-state index contributed by atoms with van der Waals surface area (Å²) >= 11 is 0. The second kappa shape index (κ2) is 10.4. The smallest absolute Gasteiger partial charge is 0.255 e. The Morgan fingerprint density at radius 2 is 1.97 bits per heavy atom. The minimum absolute atomic E-state index is 0.130. The highest BCUT2D eigenvalue weighted by molar-refractivity contribution is 5.97. The van der Waals surface area contributed by atoms with Crippen molar-refractivity contribution in [1.82, 2.24) is 15.6 Å². The topological polar surface area (TPSA) is 92.8 Å². The Balaban J connectivity index is 1.42. The fourth-order valence-electron chi connectivity index (χ4n) is 3.04. The van der Waals surface area contributed by atoms with Crippen molar-refractivity contribution in [3.05, 3.63) is 53.7 Å². The van der Waals surface area contributed by atoms with E-state index in [1.165, 1.54) is 7.11 Å². The summed E-state index contributed by atoms with van der Waals surface area (Å²) in [6.07, 6.45) is 1.95. The molecule has 1 saturated heterocycles. The average molecular weight is 398 g/mol. The minimum atomic E-state index is -0.264. The van der Waals surface area contributed by atoms with Gasteiger partial charge in [0.05, 0.1) is 25.9 Å². The highest BCUT2D eigenvalue weighted by atomic mass is 16.5. The van der Waals surface area contributed by atoms with E-state index in [0.717, 1.165) is 24.5 Å². The maximum Gasteiger partial charge on any atom is 0.255 e. The quantitative estimate of drug-likeness (QED) is 0.698. The molecule has 0 spiro atoms. The van der Waals surface area contributed by atoms with Gasteiger partial charge in [0.1, 0.15) is 11.6 Å². The summed E-state index contributed by atoms with van der Waals surface area (Å²) in [5, 5.41) is 5.63. The lowest BCUT2D eigenvalue weighted by atomic mass is 10.2. The Kier molecular flexibility index (Phi) is 7.40. The van der Waals surface area contributed by atoms with Crippen molar-refractivity contribution in [2.75, 3.05) is 44.9 Å². The van der Waals surface area contributed by atoms with Crippen molar-refractivity contribution in [2.45, 2.75) is 13.0 Å². The second-order valence-electron chi connectivity index (χ2n) is 6.60. The van der Waals surface area contributed by atoms with Crippen molar-refractivity contribution in [3.63, 3.8) is 0 Å². The van der Waals surface area contributed by atoms with Gasteiger partial charge in [-0.1, -0.05) is 12.1 Å². The standard InChI is InChI=1S/C21H26N4O4/c1-28-18-5-3-2-4-17(18)21(27)23-9-7-20(26)24-15-16-6-8-22-19(14-16)25-10-12-29-13-11-25/h2-6,8,14H,7,9-13,15H2,1H3,(H,23,27)(H,24,26). The van der Waals surface area contributed by atoms with E-state index >= 15 is 0 Å². The molecule has 0 unspecified atom stereocenters. The summed E-state index contributed by atoms with van der Waals surface area (Å²) in [5.74, 6) is 1.00. The molecule has 8 heteroatoms. The molecule has 2 heterocycles. The Hall–Kier alpha value is -3.13. The third-order valence-electron chi connectivity index (χ3n) is 4.62. The summed E-state index contributed by atoms with van der Waals surface area (Å²) < 4.78 is 10.5. The number of carbonyl (C=O) groups excluding carboxylic acids is 2. The van der Waals surface area contributed by atoms with Gasteiger partial charge in [0.15, 0.2) is 0 Å². The van der Waals surface area contributed by atoms with Crippen LogP contribution in [0.4, 0.5) is 5.82 Å². The van der Waals surface area contributed by atoms with Gasteiger partial charge in [-0.2, -0.15) is 0 Å². The molecule has 1 aromatic heterocycles. The number of carbonyl (C=O) groups is 2. The number of benzene rings is 1. The number of methoxy groups -OCH3 is 1. The van der Waals surface area contributed by atoms with Crippen molar-refractivity contribution in [1.29, 1.82) is 0 Å². The van der Waals surface area contributed by atoms with Gasteiger partial charge in [0.2, 0.25) is 5.91 Å². The van der Waals surface area contributed by atoms with E-state index in [1.54, 1.807) is 30.5 Å². The van der Waals surface area contributed by atoms with Crippen LogP contribution in [0.15, 0.2) is 42.6 Å². The molecule has 0 radical (unpaired) electrons. The SMILES string of the molecule is COc1ccccc1C(=O)NCCC(=O)NCc1ccnc(N2CCOCC2)c1. The maximum atomic E-state index is 12.2. The van der Waals surface area contributed by atoms with Crippen LogP contribution in [0.2, 0.25) is 0 Å². The predicted octanol–water partition coefficient (Wildman–Crippen LogP) is 1.36. The molecule has 1 fully saturated rings. The van der Waals surface area contributed by atoms with Crippen molar-refractivity contribution < 1.29 is 19.1 Å². The van der Waals surface area contributed by atoms with E-state index in [0.29, 0.717) is 31.1 Å². The number of hydrogen-bond acceptors (Lipinski definition) is 6. The maximum absolute atomic E-state index is 12.2. The molecule has 0 bridgehead atoms. The number of nitrogens with one attached hydrogen (secondary N) is 2. The number of ether oxygens (including phenoxy) is 2. The van der Waals surface area contributed by atoms with Gasteiger partial charge in [-0.05, 0) is 29.8 Å². The summed E-state index contributed by atoms with van der Waals surface area (Å²) in [6, 6.07) is 10.8. The van der Waals surface area contributed by atoms with Gasteiger partial charge >= 0.3 is 0 Å². The van der Waals surface area contributed by atoms with Crippen molar-refractivity contribution in [2.24, 2.45) is 0 Å². The molecule has 1 aliphatic rings. The molecule has 0 aliphatic carbocycles. The number of anilines is 1. The molecule has 29 heavy (non-hydrogen) atoms. The summed E-state index contributed by atoms with van der Waals surface area (Å²) in [4.78, 5) is 30.9. The zero-order valence-electron chi connectivity index (χ0n) is 16.5. The van der Waals surface area contributed by atoms with E-state index in [4.69, 9.17) is 9.47 Å². The molecule has 1 aromatic carbocycles. The first kappa shape index (κ1) is 20.6. The number of amides is 2. The largest absolute Gasteiger partial charge is 0.496 e. The van der Waals surface area contributed by atoms with Gasteiger partial charge in [0.25, 0.3) is 5.91 Å². The molecule has 1 aliphatic heterocycles. The average Bonchev–Trinajstić information content (AvgIpc) is 2.78.